The van der Waals surface area contributed by atoms with E-state index < -0.39 is 12.0 Å². The number of hydrogen-bond acceptors (Lipinski definition) is 2. The highest BCUT2D eigenvalue weighted by Crippen LogP contribution is 2.28. The first-order valence-corrected chi connectivity index (χ1v) is 2.77. The third kappa shape index (κ3) is 1.28. The van der Waals surface area contributed by atoms with Crippen LogP contribution in [0.15, 0.2) is 6.20 Å². The van der Waals surface area contributed by atoms with Gasteiger partial charge in [0.2, 0.25) is 5.82 Å². The van der Waals surface area contributed by atoms with Crippen LogP contribution in [0.3, 0.4) is 0 Å². The smallest absolute Gasteiger partial charge is 0.384 e. The van der Waals surface area contributed by atoms with Crippen molar-refractivity contribution < 1.29 is 13.2 Å². The lowest BCUT2D eigenvalue weighted by molar-refractivity contribution is -0.146. The minimum atomic E-state index is -4.42. The average Bonchev–Trinajstić information content (AvgIpc) is 2.11. The predicted molar refractivity (Wildman–Crippen MR) is 32.6 cm³/mol. The summed E-state index contributed by atoms with van der Waals surface area (Å²) in [6.45, 7) is 0. The van der Waals surface area contributed by atoms with Gasteiger partial charge in [-0.15, -0.1) is 0 Å². The second kappa shape index (κ2) is 2.14. The molecule has 11 heavy (non-hydrogen) atoms. The van der Waals surface area contributed by atoms with Crippen LogP contribution < -0.4 is 5.73 Å². The summed E-state index contributed by atoms with van der Waals surface area (Å²) in [6, 6.07) is 0. The SMILES string of the molecule is Cn1c(N)cnc1C(F)(F)F. The van der Waals surface area contributed by atoms with Crippen LogP contribution in [-0.2, 0) is 13.2 Å². The zero-order valence-electron chi connectivity index (χ0n) is 5.68. The van der Waals surface area contributed by atoms with E-state index in [1.54, 1.807) is 0 Å². The molecule has 0 aliphatic heterocycles. The van der Waals surface area contributed by atoms with Crippen molar-refractivity contribution in [3.63, 3.8) is 0 Å². The van der Waals surface area contributed by atoms with Gasteiger partial charge in [-0.3, -0.25) is 0 Å². The third-order valence-electron chi connectivity index (χ3n) is 1.28. The summed E-state index contributed by atoms with van der Waals surface area (Å²) in [4.78, 5) is 3.10. The van der Waals surface area contributed by atoms with E-state index in [2.05, 4.69) is 4.98 Å². The third-order valence-corrected chi connectivity index (χ3v) is 1.28. The van der Waals surface area contributed by atoms with Crippen LogP contribution in [0.5, 0.6) is 0 Å². The van der Waals surface area contributed by atoms with Gasteiger partial charge in [0.05, 0.1) is 6.20 Å². The molecule has 0 saturated heterocycles. The zero-order chi connectivity index (χ0) is 8.65. The van der Waals surface area contributed by atoms with E-state index in [0.29, 0.717) is 0 Å². The van der Waals surface area contributed by atoms with Crippen molar-refractivity contribution in [2.24, 2.45) is 7.05 Å². The van der Waals surface area contributed by atoms with Crippen LogP contribution in [0.4, 0.5) is 19.0 Å². The zero-order valence-corrected chi connectivity index (χ0v) is 5.68. The van der Waals surface area contributed by atoms with E-state index in [4.69, 9.17) is 5.73 Å². The fourth-order valence-corrected chi connectivity index (χ4v) is 0.686. The molecule has 1 rings (SSSR count). The molecule has 0 bridgehead atoms. The van der Waals surface area contributed by atoms with Gasteiger partial charge in [0, 0.05) is 7.05 Å². The molecular formula is C5H6F3N3. The molecule has 62 valence electrons. The van der Waals surface area contributed by atoms with Gasteiger partial charge in [-0.05, 0) is 0 Å². The summed E-state index contributed by atoms with van der Waals surface area (Å²) in [5.74, 6) is -0.979. The summed E-state index contributed by atoms with van der Waals surface area (Å²) in [6.07, 6.45) is -3.45. The van der Waals surface area contributed by atoms with Crippen molar-refractivity contribution in [2.45, 2.75) is 6.18 Å². The predicted octanol–water partition coefficient (Wildman–Crippen LogP) is 1.02. The van der Waals surface area contributed by atoms with Gasteiger partial charge in [-0.2, -0.15) is 13.2 Å². The van der Waals surface area contributed by atoms with Crippen molar-refractivity contribution in [1.29, 1.82) is 0 Å². The highest BCUT2D eigenvalue weighted by Gasteiger charge is 2.35. The molecule has 0 unspecified atom stereocenters. The minimum absolute atomic E-state index is 0.00248. The molecule has 0 amide bonds. The van der Waals surface area contributed by atoms with E-state index in [0.717, 1.165) is 10.8 Å². The summed E-state index contributed by atoms with van der Waals surface area (Å²) in [5.41, 5.74) is 5.14. The Bertz CT molecular complexity index is 262. The molecule has 3 nitrogen and oxygen atoms in total. The first kappa shape index (κ1) is 7.90. The lowest BCUT2D eigenvalue weighted by atomic mass is 10.6. The van der Waals surface area contributed by atoms with Crippen LogP contribution in [0.1, 0.15) is 5.82 Å². The Balaban J connectivity index is 3.15. The second-order valence-electron chi connectivity index (χ2n) is 2.06. The Morgan fingerprint density at radius 2 is 2.09 bits per heavy atom. The standard InChI is InChI=1S/C5H6F3N3/c1-11-3(9)2-10-4(11)5(6,7)8/h2H,9H2,1H3. The van der Waals surface area contributed by atoms with Crippen LogP contribution in [-0.4, -0.2) is 9.55 Å². The van der Waals surface area contributed by atoms with Crippen molar-refractivity contribution in [3.05, 3.63) is 12.0 Å². The molecule has 1 heterocycles. The maximum Gasteiger partial charge on any atom is 0.449 e. The Morgan fingerprint density at radius 3 is 2.27 bits per heavy atom. The average molecular weight is 165 g/mol. The first-order valence-electron chi connectivity index (χ1n) is 2.77. The topological polar surface area (TPSA) is 43.8 Å². The summed E-state index contributed by atoms with van der Waals surface area (Å²) < 4.78 is 36.6. The fraction of sp³-hybridized carbons (Fsp3) is 0.400. The van der Waals surface area contributed by atoms with Gasteiger partial charge in [0.1, 0.15) is 5.82 Å². The van der Waals surface area contributed by atoms with Crippen molar-refractivity contribution >= 4 is 5.82 Å². The van der Waals surface area contributed by atoms with Crippen LogP contribution in [0.25, 0.3) is 0 Å². The van der Waals surface area contributed by atoms with Crippen molar-refractivity contribution in [2.75, 3.05) is 5.73 Å². The Morgan fingerprint density at radius 1 is 1.55 bits per heavy atom. The molecule has 0 fully saturated rings. The number of rotatable bonds is 0. The largest absolute Gasteiger partial charge is 0.449 e. The summed E-state index contributed by atoms with van der Waals surface area (Å²) in [5, 5.41) is 0. The Hall–Kier alpha value is -1.20. The molecule has 0 aromatic carbocycles. The van der Waals surface area contributed by atoms with E-state index in [1.807, 2.05) is 0 Å². The van der Waals surface area contributed by atoms with Gasteiger partial charge in [0.15, 0.2) is 0 Å². The maximum absolute atomic E-state index is 11.9. The number of nitrogens with zero attached hydrogens (tertiary/aromatic N) is 2. The number of alkyl halides is 3. The monoisotopic (exact) mass is 165 g/mol. The lowest BCUT2D eigenvalue weighted by Gasteiger charge is -2.05. The van der Waals surface area contributed by atoms with Gasteiger partial charge < -0.3 is 10.3 Å². The van der Waals surface area contributed by atoms with Crippen LogP contribution >= 0.6 is 0 Å². The number of halogens is 3. The number of nitrogen functional groups attached to an aromatic ring is 1. The molecule has 1 aromatic heterocycles. The number of hydrogen-bond donors (Lipinski definition) is 1. The highest BCUT2D eigenvalue weighted by molar-refractivity contribution is 5.28. The molecule has 2 N–H and O–H groups in total. The fourth-order valence-electron chi connectivity index (χ4n) is 0.686. The molecule has 0 aliphatic carbocycles. The lowest BCUT2D eigenvalue weighted by Crippen LogP contribution is -2.13. The second-order valence-corrected chi connectivity index (χ2v) is 2.06. The molecule has 0 atom stereocenters. The normalized spacial score (nSPS) is 12.0. The molecular weight excluding hydrogens is 159 g/mol. The Kier molecular flexibility index (Phi) is 1.54. The number of imidazole rings is 1. The molecule has 0 aliphatic rings. The van der Waals surface area contributed by atoms with Crippen molar-refractivity contribution in [1.82, 2.24) is 9.55 Å². The quantitative estimate of drug-likeness (QED) is 0.623. The molecule has 0 radical (unpaired) electrons. The first-order chi connectivity index (χ1) is 4.93. The van der Waals surface area contributed by atoms with Crippen LogP contribution in [0.2, 0.25) is 0 Å². The van der Waals surface area contributed by atoms with Gasteiger partial charge >= 0.3 is 6.18 Å². The van der Waals surface area contributed by atoms with Gasteiger partial charge in [-0.25, -0.2) is 4.98 Å². The molecule has 0 saturated carbocycles. The molecule has 1 aromatic rings. The Labute approximate surface area is 60.6 Å². The highest BCUT2D eigenvalue weighted by atomic mass is 19.4. The molecule has 0 spiro atoms. The van der Waals surface area contributed by atoms with E-state index in [-0.39, 0.29) is 5.82 Å². The van der Waals surface area contributed by atoms with Crippen molar-refractivity contribution in [3.8, 4) is 0 Å². The van der Waals surface area contributed by atoms with Crippen LogP contribution in [0, 0.1) is 0 Å². The summed E-state index contributed by atoms with van der Waals surface area (Å²) >= 11 is 0. The summed E-state index contributed by atoms with van der Waals surface area (Å²) in [7, 11) is 1.21. The number of aromatic nitrogens is 2. The number of nitrogens with two attached hydrogens (primary N) is 1. The number of anilines is 1. The van der Waals surface area contributed by atoms with E-state index in [9.17, 15) is 13.2 Å². The maximum atomic E-state index is 11.9. The van der Waals surface area contributed by atoms with E-state index >= 15 is 0 Å². The molecule has 6 heteroatoms. The van der Waals surface area contributed by atoms with Gasteiger partial charge in [-0.1, -0.05) is 0 Å². The van der Waals surface area contributed by atoms with E-state index in [1.165, 1.54) is 7.05 Å². The minimum Gasteiger partial charge on any atom is -0.384 e. The van der Waals surface area contributed by atoms with Gasteiger partial charge in [0.25, 0.3) is 0 Å².